The van der Waals surface area contributed by atoms with Crippen LogP contribution in [0.15, 0.2) is 60.8 Å². The number of carbonyl (C=O) groups excluding carboxylic acids is 2. The van der Waals surface area contributed by atoms with E-state index in [1.807, 2.05) is 6.08 Å². The number of aliphatic hydroxyl groups excluding tert-OH is 5. The summed E-state index contributed by atoms with van der Waals surface area (Å²) in [5, 5.41) is 54.4. The Balaban J connectivity index is 2.01. The van der Waals surface area contributed by atoms with E-state index in [9.17, 15) is 35.1 Å². The van der Waals surface area contributed by atoms with Crippen molar-refractivity contribution >= 4 is 11.9 Å². The van der Waals surface area contributed by atoms with Crippen molar-refractivity contribution in [3.63, 3.8) is 0 Å². The molecule has 1 aliphatic rings. The maximum Gasteiger partial charge on any atom is 0.305 e. The quantitative estimate of drug-likeness (QED) is 0.0195. The lowest BCUT2D eigenvalue weighted by molar-refractivity contribution is -0.302. The van der Waals surface area contributed by atoms with Gasteiger partial charge in [0.1, 0.15) is 24.4 Å². The highest BCUT2D eigenvalue weighted by molar-refractivity contribution is 5.76. The first kappa shape index (κ1) is 75.4. The van der Waals surface area contributed by atoms with Crippen molar-refractivity contribution in [2.75, 3.05) is 19.8 Å². The summed E-state index contributed by atoms with van der Waals surface area (Å²) in [6.45, 7) is 4.26. The third kappa shape index (κ3) is 46.8. The second-order valence-electron chi connectivity index (χ2n) is 23.1. The van der Waals surface area contributed by atoms with Gasteiger partial charge in [-0.3, -0.25) is 9.59 Å². The molecule has 0 spiro atoms. The lowest BCUT2D eigenvalue weighted by Gasteiger charge is -2.40. The Bertz CT molecular complexity index is 1510. The molecule has 80 heavy (non-hydrogen) atoms. The molecule has 7 atom stereocenters. The van der Waals surface area contributed by atoms with Crippen molar-refractivity contribution in [1.82, 2.24) is 5.32 Å². The number of carbonyl (C=O) groups is 2. The largest absolute Gasteiger partial charge is 0.466 e. The Kier molecular flexibility index (Phi) is 54.8. The van der Waals surface area contributed by atoms with Crippen molar-refractivity contribution in [1.29, 1.82) is 0 Å². The molecular weight excluding hydrogens is 1000 g/mol. The van der Waals surface area contributed by atoms with E-state index < -0.39 is 49.5 Å². The fourth-order valence-electron chi connectivity index (χ4n) is 10.2. The smallest absolute Gasteiger partial charge is 0.305 e. The minimum absolute atomic E-state index is 0.00536. The SMILES string of the molecule is CCCC/C=C\CCCCCCCC(=O)OCCCCCCCCCCCCCC/C=C\CCCCCCCCCCCCCCC(=O)NC(COC1OC(CO)C(O)C(O)C1O)C(O)/C=C/CC/C=C/CC/C=C/CCCCC. The van der Waals surface area contributed by atoms with Gasteiger partial charge < -0.3 is 45.1 Å². The van der Waals surface area contributed by atoms with Gasteiger partial charge in [0.25, 0.3) is 0 Å². The molecule has 11 heteroatoms. The van der Waals surface area contributed by atoms with E-state index >= 15 is 0 Å². The molecule has 0 aliphatic carbocycles. The number of allylic oxidation sites excluding steroid dienone is 9. The van der Waals surface area contributed by atoms with E-state index in [2.05, 4.69) is 67.8 Å². The van der Waals surface area contributed by atoms with Crippen LogP contribution in [0.1, 0.15) is 303 Å². The summed E-state index contributed by atoms with van der Waals surface area (Å²) >= 11 is 0. The number of amides is 1. The van der Waals surface area contributed by atoms with Crippen LogP contribution in [0.25, 0.3) is 0 Å². The van der Waals surface area contributed by atoms with Gasteiger partial charge in [-0.2, -0.15) is 0 Å². The predicted octanol–water partition coefficient (Wildman–Crippen LogP) is 16.6. The topological polar surface area (TPSA) is 175 Å². The van der Waals surface area contributed by atoms with Crippen molar-refractivity contribution < 1.29 is 49.3 Å². The van der Waals surface area contributed by atoms with Crippen molar-refractivity contribution in [2.45, 2.75) is 346 Å². The number of aliphatic hydroxyl groups is 5. The van der Waals surface area contributed by atoms with Crippen LogP contribution >= 0.6 is 0 Å². The van der Waals surface area contributed by atoms with Gasteiger partial charge in [-0.1, -0.05) is 248 Å². The molecule has 0 aromatic rings. The van der Waals surface area contributed by atoms with Gasteiger partial charge in [0.05, 0.1) is 32.0 Å². The van der Waals surface area contributed by atoms with Gasteiger partial charge in [-0.05, 0) is 103 Å². The summed E-state index contributed by atoms with van der Waals surface area (Å²) in [7, 11) is 0. The molecule has 7 unspecified atom stereocenters. The molecule has 0 radical (unpaired) electrons. The molecule has 0 aromatic carbocycles. The third-order valence-corrected chi connectivity index (χ3v) is 15.6. The molecule has 1 amide bonds. The van der Waals surface area contributed by atoms with Crippen LogP contribution in [0, 0.1) is 0 Å². The third-order valence-electron chi connectivity index (χ3n) is 15.6. The fourth-order valence-corrected chi connectivity index (χ4v) is 10.2. The highest BCUT2D eigenvalue weighted by atomic mass is 16.7. The number of hydrogen-bond donors (Lipinski definition) is 6. The normalized spacial score (nSPS) is 18.7. The van der Waals surface area contributed by atoms with E-state index in [1.165, 1.54) is 205 Å². The zero-order valence-corrected chi connectivity index (χ0v) is 51.5. The Labute approximate surface area is 490 Å². The molecular formula is C69H125NO10. The number of hydrogen-bond acceptors (Lipinski definition) is 10. The zero-order chi connectivity index (χ0) is 58.0. The van der Waals surface area contributed by atoms with Crippen LogP contribution in [-0.2, 0) is 23.8 Å². The van der Waals surface area contributed by atoms with Gasteiger partial charge in [-0.15, -0.1) is 0 Å². The number of esters is 1. The summed E-state index contributed by atoms with van der Waals surface area (Å²) in [6.07, 6.45) is 66.3. The lowest BCUT2D eigenvalue weighted by Crippen LogP contribution is -2.60. The summed E-state index contributed by atoms with van der Waals surface area (Å²) in [5.41, 5.74) is 0. The van der Waals surface area contributed by atoms with Crippen molar-refractivity contribution in [2.24, 2.45) is 0 Å². The van der Waals surface area contributed by atoms with E-state index in [0.29, 0.717) is 19.4 Å². The van der Waals surface area contributed by atoms with Gasteiger partial charge >= 0.3 is 5.97 Å². The highest BCUT2D eigenvalue weighted by Gasteiger charge is 2.44. The molecule has 1 heterocycles. The molecule has 0 aromatic heterocycles. The first-order valence-corrected chi connectivity index (χ1v) is 33.6. The monoisotopic (exact) mass is 1130 g/mol. The van der Waals surface area contributed by atoms with E-state index in [-0.39, 0.29) is 18.5 Å². The summed E-state index contributed by atoms with van der Waals surface area (Å²) in [5.74, 6) is -0.202. The number of rotatable bonds is 58. The maximum atomic E-state index is 13.0. The van der Waals surface area contributed by atoms with Gasteiger partial charge in [0.2, 0.25) is 5.91 Å². The standard InChI is InChI=1S/C69H125NO10/c1-3-5-7-9-11-13-15-32-36-39-43-47-51-55-62(72)61(60-79-69-68(77)67(76)66(75)63(59-71)80-69)70-64(73)56-52-48-44-40-37-33-30-28-26-24-22-20-18-16-17-19-21-23-25-27-29-31-34-38-42-46-50-54-58-78-65(74)57-53-49-45-41-35-14-12-10-8-6-4-2/h10-13,16-17,36,39,51,55,61-63,66-69,71-72,75-77H,3-9,14-15,18-35,37-38,40-50,52-54,56-60H2,1-2H3,(H,70,73)/b12-10-,13-11+,17-16-,39-36+,55-51+. The fraction of sp³-hybridized carbons (Fsp3) is 0.826. The van der Waals surface area contributed by atoms with E-state index in [0.717, 1.165) is 70.6 Å². The molecule has 1 rings (SSSR count). The summed E-state index contributed by atoms with van der Waals surface area (Å²) < 4.78 is 16.7. The van der Waals surface area contributed by atoms with Gasteiger partial charge in [0, 0.05) is 12.8 Å². The van der Waals surface area contributed by atoms with Crippen molar-refractivity contribution in [3.05, 3.63) is 60.8 Å². The number of ether oxygens (including phenoxy) is 3. The Morgan fingerprint density at radius 3 is 1.27 bits per heavy atom. The molecule has 1 aliphatic heterocycles. The molecule has 0 saturated carbocycles. The number of nitrogens with one attached hydrogen (secondary N) is 1. The Hall–Kier alpha value is -2.64. The highest BCUT2D eigenvalue weighted by Crippen LogP contribution is 2.23. The second-order valence-corrected chi connectivity index (χ2v) is 23.1. The number of unbranched alkanes of at least 4 members (excludes halogenated alkanes) is 36. The Morgan fingerprint density at radius 1 is 0.450 bits per heavy atom. The van der Waals surface area contributed by atoms with Gasteiger partial charge in [0.15, 0.2) is 6.29 Å². The summed E-state index contributed by atoms with van der Waals surface area (Å²) in [6, 6.07) is -0.835. The summed E-state index contributed by atoms with van der Waals surface area (Å²) in [4.78, 5) is 25.1. The first-order chi connectivity index (χ1) is 39.2. The molecule has 1 saturated heterocycles. The predicted molar refractivity (Wildman–Crippen MR) is 333 cm³/mol. The lowest BCUT2D eigenvalue weighted by atomic mass is 9.99. The van der Waals surface area contributed by atoms with Gasteiger partial charge in [-0.25, -0.2) is 0 Å². The molecule has 6 N–H and O–H groups in total. The van der Waals surface area contributed by atoms with Crippen molar-refractivity contribution in [3.8, 4) is 0 Å². The minimum Gasteiger partial charge on any atom is -0.466 e. The molecule has 11 nitrogen and oxygen atoms in total. The second kappa shape index (κ2) is 58.1. The van der Waals surface area contributed by atoms with Crippen LogP contribution in [0.4, 0.5) is 0 Å². The Morgan fingerprint density at radius 2 is 0.825 bits per heavy atom. The first-order valence-electron chi connectivity index (χ1n) is 33.6. The van der Waals surface area contributed by atoms with Crippen LogP contribution in [0.2, 0.25) is 0 Å². The van der Waals surface area contributed by atoms with Crippen LogP contribution in [-0.4, -0.2) is 100 Å². The van der Waals surface area contributed by atoms with E-state index in [4.69, 9.17) is 14.2 Å². The average Bonchev–Trinajstić information content (AvgIpc) is 3.46. The molecule has 1 fully saturated rings. The molecule has 466 valence electrons. The maximum absolute atomic E-state index is 13.0. The van der Waals surface area contributed by atoms with Crippen LogP contribution < -0.4 is 5.32 Å². The molecule has 0 bridgehead atoms. The zero-order valence-electron chi connectivity index (χ0n) is 51.5. The van der Waals surface area contributed by atoms with E-state index in [1.54, 1.807) is 6.08 Å². The van der Waals surface area contributed by atoms with Crippen LogP contribution in [0.3, 0.4) is 0 Å². The average molecular weight is 1130 g/mol. The minimum atomic E-state index is -1.58. The van der Waals surface area contributed by atoms with Crippen LogP contribution in [0.5, 0.6) is 0 Å².